The van der Waals surface area contributed by atoms with Crippen molar-refractivity contribution in [2.24, 2.45) is 0 Å². The van der Waals surface area contributed by atoms with Crippen LogP contribution in [-0.4, -0.2) is 46.3 Å². The topological polar surface area (TPSA) is 27.7 Å². The van der Waals surface area contributed by atoms with Gasteiger partial charge in [0.2, 0.25) is 0 Å². The summed E-state index contributed by atoms with van der Waals surface area (Å²) in [6.07, 6.45) is 18.3. The zero-order valence-electron chi connectivity index (χ0n) is 25.3. The minimum atomic E-state index is -2.46. The fraction of sp³-hybridized carbons (Fsp3) is 0.800. The summed E-state index contributed by atoms with van der Waals surface area (Å²) >= 11 is 0. The van der Waals surface area contributed by atoms with Crippen LogP contribution in [0.5, 0.6) is 0 Å². The van der Waals surface area contributed by atoms with Gasteiger partial charge in [-0.25, -0.2) is 0 Å². The van der Waals surface area contributed by atoms with Crippen molar-refractivity contribution in [1.29, 1.82) is 0 Å². The van der Waals surface area contributed by atoms with Gasteiger partial charge in [0, 0.05) is 27.4 Å². The van der Waals surface area contributed by atoms with Crippen LogP contribution in [0.15, 0.2) is 24.3 Å². The molecule has 0 N–H and O–H groups in total. The molecule has 0 fully saturated rings. The lowest BCUT2D eigenvalue weighted by molar-refractivity contribution is 0.123. The first-order chi connectivity index (χ1) is 17.2. The number of rotatable bonds is 22. The highest BCUT2D eigenvalue weighted by atomic mass is 28.4. The molecule has 0 bridgehead atoms. The van der Waals surface area contributed by atoms with E-state index in [9.17, 15) is 0 Å². The Morgan fingerprint density at radius 1 is 0.472 bits per heavy atom. The van der Waals surface area contributed by atoms with Crippen molar-refractivity contribution in [1.82, 2.24) is 0 Å². The molecule has 0 aliphatic carbocycles. The molecule has 1 aromatic carbocycles. The molecule has 0 aromatic heterocycles. The highest BCUT2D eigenvalue weighted by molar-refractivity contribution is 6.91. The first-order valence-corrected chi connectivity index (χ1v) is 23.3. The molecule has 0 spiro atoms. The molecule has 0 heterocycles. The van der Waals surface area contributed by atoms with Gasteiger partial charge in [-0.2, -0.15) is 0 Å². The van der Waals surface area contributed by atoms with Crippen molar-refractivity contribution in [3.8, 4) is 0 Å². The van der Waals surface area contributed by atoms with E-state index in [2.05, 4.69) is 57.4 Å². The van der Waals surface area contributed by atoms with Crippen LogP contribution >= 0.6 is 0 Å². The Hall–Kier alpha value is -0.249. The highest BCUT2D eigenvalue weighted by Crippen LogP contribution is 2.22. The molecule has 36 heavy (non-hydrogen) atoms. The maximum Gasteiger partial charge on any atom is 0.500 e. The van der Waals surface area contributed by atoms with E-state index in [-0.39, 0.29) is 0 Å². The van der Waals surface area contributed by atoms with E-state index in [1.165, 1.54) is 89.1 Å². The van der Waals surface area contributed by atoms with Gasteiger partial charge in [-0.05, 0) is 0 Å². The molecule has 1 rings (SSSR count). The average Bonchev–Trinajstić information content (AvgIpc) is 2.87. The first-order valence-electron chi connectivity index (χ1n) is 14.9. The Labute approximate surface area is 228 Å². The summed E-state index contributed by atoms with van der Waals surface area (Å²) in [5.41, 5.74) is 0. The summed E-state index contributed by atoms with van der Waals surface area (Å²) in [6.45, 7) is 12.4. The molecule has 0 aliphatic heterocycles. The second kappa shape index (κ2) is 18.1. The van der Waals surface area contributed by atoms with Crippen molar-refractivity contribution in [2.45, 2.75) is 135 Å². The van der Waals surface area contributed by atoms with Gasteiger partial charge in [0.25, 0.3) is 0 Å². The van der Waals surface area contributed by atoms with Crippen LogP contribution in [0, 0.1) is 0 Å². The standard InChI is InChI=1S/C30H60O3Si3/c1-9-10-11-12-13-14-15-16-17-18-19-20-26-34(5,6)29-22-24-30(25-23-29)35(7,8)27-21-28-36(31-2,32-3)33-4/h22-25H,9-21,26-28H2,1-8H3. The van der Waals surface area contributed by atoms with Crippen LogP contribution in [0.4, 0.5) is 0 Å². The van der Waals surface area contributed by atoms with Crippen LogP contribution < -0.4 is 10.4 Å². The zero-order chi connectivity index (χ0) is 26.9. The third-order valence-electron chi connectivity index (χ3n) is 8.32. The lowest BCUT2D eigenvalue weighted by Gasteiger charge is -2.28. The third kappa shape index (κ3) is 12.5. The molecule has 1 aromatic rings. The number of benzene rings is 1. The van der Waals surface area contributed by atoms with Gasteiger partial charge < -0.3 is 13.3 Å². The van der Waals surface area contributed by atoms with Crippen molar-refractivity contribution >= 4 is 35.3 Å². The number of hydrogen-bond acceptors (Lipinski definition) is 3. The van der Waals surface area contributed by atoms with Gasteiger partial charge in [-0.3, -0.25) is 0 Å². The van der Waals surface area contributed by atoms with Gasteiger partial charge >= 0.3 is 8.80 Å². The molecule has 0 amide bonds. The summed E-state index contributed by atoms with van der Waals surface area (Å²) in [7, 11) is -0.163. The molecular formula is C30H60O3Si3. The molecule has 210 valence electrons. The van der Waals surface area contributed by atoms with Crippen LogP contribution in [-0.2, 0) is 13.3 Å². The SMILES string of the molecule is CCCCCCCCCCCCCC[Si](C)(C)c1ccc([Si](C)(C)CCC[Si](OC)(OC)OC)cc1. The summed E-state index contributed by atoms with van der Waals surface area (Å²) in [4.78, 5) is 0. The predicted octanol–water partition coefficient (Wildman–Crippen LogP) is 8.49. The molecule has 6 heteroatoms. The fourth-order valence-corrected chi connectivity index (χ4v) is 12.4. The van der Waals surface area contributed by atoms with Crippen LogP contribution in [0.1, 0.15) is 90.4 Å². The summed E-state index contributed by atoms with van der Waals surface area (Å²) in [5, 5.41) is 3.20. The molecule has 0 aliphatic rings. The van der Waals surface area contributed by atoms with Gasteiger partial charge in [-0.1, -0.05) is 163 Å². The van der Waals surface area contributed by atoms with E-state index >= 15 is 0 Å². The minimum Gasteiger partial charge on any atom is -0.377 e. The Balaban J connectivity index is 2.36. The van der Waals surface area contributed by atoms with E-state index in [1.807, 2.05) is 0 Å². The smallest absolute Gasteiger partial charge is 0.377 e. The van der Waals surface area contributed by atoms with E-state index in [4.69, 9.17) is 13.3 Å². The molecule has 0 radical (unpaired) electrons. The lowest BCUT2D eigenvalue weighted by Crippen LogP contribution is -2.46. The van der Waals surface area contributed by atoms with Crippen LogP contribution in [0.2, 0.25) is 44.3 Å². The number of hydrogen-bond donors (Lipinski definition) is 0. The zero-order valence-corrected chi connectivity index (χ0v) is 28.3. The monoisotopic (exact) mass is 552 g/mol. The van der Waals surface area contributed by atoms with Crippen LogP contribution in [0.3, 0.4) is 0 Å². The summed E-state index contributed by atoms with van der Waals surface area (Å²) in [5.74, 6) is 0. The normalized spacial score (nSPS) is 12.9. The molecule has 0 saturated heterocycles. The second-order valence-electron chi connectivity index (χ2n) is 12.1. The fourth-order valence-electron chi connectivity index (χ4n) is 5.37. The Morgan fingerprint density at radius 3 is 1.17 bits per heavy atom. The largest absolute Gasteiger partial charge is 0.500 e. The quantitative estimate of drug-likeness (QED) is 0.107. The second-order valence-corrected chi connectivity index (χ2v) is 24.9. The lowest BCUT2D eigenvalue weighted by atomic mass is 10.1. The molecular weight excluding hydrogens is 493 g/mol. The van der Waals surface area contributed by atoms with E-state index < -0.39 is 25.0 Å². The van der Waals surface area contributed by atoms with Crippen LogP contribution in [0.25, 0.3) is 0 Å². The molecule has 0 saturated carbocycles. The average molecular weight is 553 g/mol. The third-order valence-corrected chi connectivity index (χ3v) is 18.2. The summed E-state index contributed by atoms with van der Waals surface area (Å²) in [6, 6.07) is 13.4. The highest BCUT2D eigenvalue weighted by Gasteiger charge is 2.38. The minimum absolute atomic E-state index is 0.893. The molecule has 0 unspecified atom stereocenters. The first kappa shape index (κ1) is 33.8. The van der Waals surface area contributed by atoms with Crippen molar-refractivity contribution in [2.75, 3.05) is 21.3 Å². The van der Waals surface area contributed by atoms with Gasteiger partial charge in [0.05, 0.1) is 16.1 Å². The summed E-state index contributed by atoms with van der Waals surface area (Å²) < 4.78 is 16.8. The maximum absolute atomic E-state index is 5.61. The molecule has 0 atom stereocenters. The van der Waals surface area contributed by atoms with Crippen molar-refractivity contribution in [3.63, 3.8) is 0 Å². The van der Waals surface area contributed by atoms with E-state index in [0.717, 1.165) is 12.5 Å². The van der Waals surface area contributed by atoms with Gasteiger partial charge in [-0.15, -0.1) is 0 Å². The Morgan fingerprint density at radius 2 is 0.806 bits per heavy atom. The van der Waals surface area contributed by atoms with Gasteiger partial charge in [0.1, 0.15) is 0 Å². The maximum atomic E-state index is 5.61. The van der Waals surface area contributed by atoms with Crippen molar-refractivity contribution < 1.29 is 13.3 Å². The molecule has 3 nitrogen and oxygen atoms in total. The van der Waals surface area contributed by atoms with E-state index in [1.54, 1.807) is 31.7 Å². The van der Waals surface area contributed by atoms with Gasteiger partial charge in [0.15, 0.2) is 0 Å². The van der Waals surface area contributed by atoms with E-state index in [0.29, 0.717) is 0 Å². The Kier molecular flexibility index (Phi) is 17.0. The number of unbranched alkanes of at least 4 members (excludes halogenated alkanes) is 11. The Bertz CT molecular complexity index is 664. The predicted molar refractivity (Wildman–Crippen MR) is 168 cm³/mol. The van der Waals surface area contributed by atoms with Crippen molar-refractivity contribution in [3.05, 3.63) is 24.3 Å².